The van der Waals surface area contributed by atoms with E-state index in [0.29, 0.717) is 12.0 Å². The van der Waals surface area contributed by atoms with Gasteiger partial charge in [-0.05, 0) is 125 Å². The van der Waals surface area contributed by atoms with Gasteiger partial charge in [0.15, 0.2) is 19.7 Å². The standard InChI is InChI=1S/C52H72O6S2/c1-12-36(2)34-46(59(55,56)42-25-15-13-16-26-42)49(53)40(6)22-19-29-44(48-39(5)24-21-33-52(48,10)11)41(7)50(54)47(60(57,58)43-27-17-14-18-28-43)35-37(3)30-31-45-38(4)23-20-32-51(45,8)9/h12-19,25-31,34-35,40-41,44,46-47,49-50,53-54H,1,20-24,32-33H2,2-11H3. The van der Waals surface area contributed by atoms with Crippen LogP contribution in [0.1, 0.15) is 114 Å². The van der Waals surface area contributed by atoms with Gasteiger partial charge >= 0.3 is 0 Å². The number of rotatable bonds is 18. The minimum absolute atomic E-state index is 0.0203. The highest BCUT2D eigenvalue weighted by Crippen LogP contribution is 2.48. The molecule has 4 rings (SSSR count). The predicted molar refractivity (Wildman–Crippen MR) is 250 cm³/mol. The SMILES string of the molecule is C=CC(C)=CC(C(O)C(C)CC=CC(C1=C(C)CCCC1(C)C)C(C)C(O)C(C=C(C)C=CC1=C(C)CCCC1(C)C)S(=O)(=O)c1ccccc1)S(=O)(=O)c1ccccc1. The third-order valence-corrected chi connectivity index (χ3v) is 17.3. The van der Waals surface area contributed by atoms with E-state index in [1.807, 2.05) is 32.9 Å². The molecule has 60 heavy (non-hydrogen) atoms. The van der Waals surface area contributed by atoms with Gasteiger partial charge in [-0.25, -0.2) is 16.8 Å². The molecule has 0 aliphatic heterocycles. The quantitative estimate of drug-likeness (QED) is 0.114. The second-order valence-electron chi connectivity index (χ2n) is 18.9. The minimum atomic E-state index is -4.04. The van der Waals surface area contributed by atoms with Gasteiger partial charge in [0.1, 0.15) is 10.5 Å². The molecule has 7 unspecified atom stereocenters. The van der Waals surface area contributed by atoms with E-state index >= 15 is 0 Å². The average molecular weight is 857 g/mol. The number of sulfone groups is 2. The van der Waals surface area contributed by atoms with Crippen LogP contribution in [0.3, 0.4) is 0 Å². The molecule has 2 aliphatic carbocycles. The summed E-state index contributed by atoms with van der Waals surface area (Å²) in [6, 6.07) is 16.6. The van der Waals surface area contributed by atoms with Crippen molar-refractivity contribution >= 4 is 19.7 Å². The molecule has 6 nitrogen and oxygen atoms in total. The van der Waals surface area contributed by atoms with Crippen molar-refractivity contribution < 1.29 is 27.0 Å². The molecule has 2 aliphatic rings. The first-order chi connectivity index (χ1) is 28.1. The number of hydrogen-bond acceptors (Lipinski definition) is 6. The van der Waals surface area contributed by atoms with Crippen molar-refractivity contribution in [3.8, 4) is 0 Å². The number of hydrogen-bond donors (Lipinski definition) is 2. The summed E-state index contributed by atoms with van der Waals surface area (Å²) in [5, 5.41) is 21.9. The lowest BCUT2D eigenvalue weighted by Crippen LogP contribution is -2.42. The Kier molecular flexibility index (Phi) is 16.8. The summed E-state index contributed by atoms with van der Waals surface area (Å²) in [7, 11) is -7.98. The van der Waals surface area contributed by atoms with Crippen molar-refractivity contribution in [1.82, 2.24) is 0 Å². The third-order valence-electron chi connectivity index (χ3n) is 13.2. The summed E-state index contributed by atoms with van der Waals surface area (Å²) >= 11 is 0. The number of aliphatic hydroxyl groups excluding tert-OH is 2. The minimum Gasteiger partial charge on any atom is -0.391 e. The maximum absolute atomic E-state index is 14.6. The number of allylic oxidation sites excluding steroid dienone is 11. The van der Waals surface area contributed by atoms with Crippen LogP contribution < -0.4 is 0 Å². The molecule has 2 aromatic rings. The van der Waals surface area contributed by atoms with Gasteiger partial charge in [-0.1, -0.05) is 155 Å². The summed E-state index contributed by atoms with van der Waals surface area (Å²) < 4.78 is 57.1. The summed E-state index contributed by atoms with van der Waals surface area (Å²) in [4.78, 5) is 0.296. The van der Waals surface area contributed by atoms with E-state index in [2.05, 4.69) is 60.3 Å². The molecule has 2 N–H and O–H groups in total. The Balaban J connectivity index is 1.77. The van der Waals surface area contributed by atoms with E-state index in [-0.39, 0.29) is 26.5 Å². The van der Waals surface area contributed by atoms with Crippen LogP contribution in [0, 0.1) is 28.6 Å². The van der Waals surface area contributed by atoms with Crippen LogP contribution in [0.2, 0.25) is 0 Å². The van der Waals surface area contributed by atoms with Crippen LogP contribution in [0.25, 0.3) is 0 Å². The maximum Gasteiger partial charge on any atom is 0.187 e. The fraction of sp³-hybridized carbons (Fsp3) is 0.500. The van der Waals surface area contributed by atoms with Crippen LogP contribution in [-0.2, 0) is 19.7 Å². The first kappa shape index (κ1) is 49.1. The number of aliphatic hydroxyl groups is 2. The van der Waals surface area contributed by atoms with Gasteiger partial charge in [-0.3, -0.25) is 0 Å². The molecule has 8 heteroatoms. The molecule has 0 radical (unpaired) electrons. The van der Waals surface area contributed by atoms with Gasteiger partial charge in [0.25, 0.3) is 0 Å². The molecular weight excluding hydrogens is 785 g/mol. The molecule has 0 amide bonds. The van der Waals surface area contributed by atoms with Crippen molar-refractivity contribution in [2.75, 3.05) is 0 Å². The van der Waals surface area contributed by atoms with Gasteiger partial charge in [0, 0.05) is 5.92 Å². The molecule has 0 spiro atoms. The lowest BCUT2D eigenvalue weighted by molar-refractivity contribution is 0.0995. The van der Waals surface area contributed by atoms with Crippen LogP contribution in [-0.4, -0.2) is 49.8 Å². The summed E-state index contributed by atoms with van der Waals surface area (Å²) in [6.07, 6.45) is 17.1. The Hall–Kier alpha value is -3.56. The van der Waals surface area contributed by atoms with Gasteiger partial charge < -0.3 is 10.2 Å². The lowest BCUT2D eigenvalue weighted by atomic mass is 9.64. The zero-order valence-electron chi connectivity index (χ0n) is 37.9. The highest BCUT2D eigenvalue weighted by atomic mass is 32.2. The second kappa shape index (κ2) is 20.5. The topological polar surface area (TPSA) is 109 Å². The van der Waals surface area contributed by atoms with Gasteiger partial charge in [-0.15, -0.1) is 0 Å². The van der Waals surface area contributed by atoms with Crippen molar-refractivity contribution in [2.24, 2.45) is 28.6 Å². The largest absolute Gasteiger partial charge is 0.391 e. The van der Waals surface area contributed by atoms with E-state index < -0.39 is 54.2 Å². The van der Waals surface area contributed by atoms with Crippen LogP contribution in [0.15, 0.2) is 153 Å². The van der Waals surface area contributed by atoms with Crippen molar-refractivity contribution in [1.29, 1.82) is 0 Å². The number of benzene rings is 2. The second-order valence-corrected chi connectivity index (χ2v) is 23.1. The van der Waals surface area contributed by atoms with E-state index in [1.165, 1.54) is 22.3 Å². The molecule has 0 fully saturated rings. The summed E-state index contributed by atoms with van der Waals surface area (Å²) in [5.74, 6) is -1.34. The fourth-order valence-corrected chi connectivity index (χ4v) is 13.2. The van der Waals surface area contributed by atoms with E-state index in [9.17, 15) is 27.0 Å². The summed E-state index contributed by atoms with van der Waals surface area (Å²) in [6.45, 7) is 24.6. The predicted octanol–water partition coefficient (Wildman–Crippen LogP) is 11.9. The molecule has 0 bridgehead atoms. The average Bonchev–Trinajstić information content (AvgIpc) is 3.20. The van der Waals surface area contributed by atoms with E-state index in [4.69, 9.17) is 0 Å². The van der Waals surface area contributed by atoms with E-state index in [1.54, 1.807) is 85.8 Å². The van der Waals surface area contributed by atoms with Crippen molar-refractivity contribution in [2.45, 2.75) is 147 Å². The summed E-state index contributed by atoms with van der Waals surface area (Å²) in [5.41, 5.74) is 6.28. The molecule has 0 aromatic heterocycles. The Morgan fingerprint density at radius 1 is 0.733 bits per heavy atom. The lowest BCUT2D eigenvalue weighted by Gasteiger charge is -2.42. The highest BCUT2D eigenvalue weighted by molar-refractivity contribution is 7.92. The Labute approximate surface area is 363 Å². The Morgan fingerprint density at radius 3 is 1.72 bits per heavy atom. The van der Waals surface area contributed by atoms with Crippen molar-refractivity contribution in [3.05, 3.63) is 143 Å². The normalized spacial score (nSPS) is 21.7. The molecule has 7 atom stereocenters. The molecule has 2 aromatic carbocycles. The Bertz CT molecular complexity index is 2200. The smallest absolute Gasteiger partial charge is 0.187 e. The highest BCUT2D eigenvalue weighted by Gasteiger charge is 2.42. The van der Waals surface area contributed by atoms with Crippen LogP contribution >= 0.6 is 0 Å². The van der Waals surface area contributed by atoms with Gasteiger partial charge in [0.2, 0.25) is 0 Å². The molecule has 0 saturated carbocycles. The zero-order valence-corrected chi connectivity index (χ0v) is 39.5. The molecule has 0 saturated heterocycles. The fourth-order valence-electron chi connectivity index (χ4n) is 9.47. The van der Waals surface area contributed by atoms with Crippen molar-refractivity contribution in [3.63, 3.8) is 0 Å². The first-order valence-electron chi connectivity index (χ1n) is 21.7. The molecular formula is C52H72O6S2. The monoisotopic (exact) mass is 856 g/mol. The van der Waals surface area contributed by atoms with Crippen LogP contribution in [0.4, 0.5) is 0 Å². The zero-order chi connectivity index (χ0) is 44.6. The van der Waals surface area contributed by atoms with Gasteiger partial charge in [0.05, 0.1) is 22.0 Å². The van der Waals surface area contributed by atoms with E-state index in [0.717, 1.165) is 44.1 Å². The third kappa shape index (κ3) is 11.7. The van der Waals surface area contributed by atoms with Gasteiger partial charge in [-0.2, -0.15) is 0 Å². The Morgan fingerprint density at radius 2 is 1.22 bits per heavy atom. The van der Waals surface area contributed by atoms with Crippen LogP contribution in [0.5, 0.6) is 0 Å². The molecule has 0 heterocycles. The maximum atomic E-state index is 14.6. The first-order valence-corrected chi connectivity index (χ1v) is 24.8. The molecule has 328 valence electrons.